The fourth-order valence-electron chi connectivity index (χ4n) is 4.08. The van der Waals surface area contributed by atoms with Gasteiger partial charge in [0.15, 0.2) is 0 Å². The van der Waals surface area contributed by atoms with Crippen LogP contribution in [0.3, 0.4) is 0 Å². The van der Waals surface area contributed by atoms with Crippen LogP contribution in [0.4, 0.5) is 24.5 Å². The van der Waals surface area contributed by atoms with Crippen molar-refractivity contribution in [3.05, 3.63) is 117 Å². The smallest absolute Gasteiger partial charge is 0.417 e. The molecule has 0 atom stereocenters. The summed E-state index contributed by atoms with van der Waals surface area (Å²) in [6, 6.07) is 19.4. The number of para-hydroxylation sites is 1. The molecule has 200 valence electrons. The standard InChI is InChI=1S/C28H21F3N2O6/c29-28(30,31)23-7-3-2-6-22(23)25-15-14-21(39-25)17-32(24-8-4-1-5-18(24)11-16-26(34)35)27(36)19-9-12-20(13-10-19)33(37)38/h1-10,12-15H,11,16-17H2,(H,34,35). The normalized spacial score (nSPS) is 11.3. The highest BCUT2D eigenvalue weighted by Gasteiger charge is 2.34. The first-order valence-corrected chi connectivity index (χ1v) is 11.7. The lowest BCUT2D eigenvalue weighted by Crippen LogP contribution is -2.31. The van der Waals surface area contributed by atoms with Crippen molar-refractivity contribution in [1.82, 2.24) is 0 Å². The van der Waals surface area contributed by atoms with Crippen LogP contribution in [-0.2, 0) is 23.9 Å². The monoisotopic (exact) mass is 538 g/mol. The average molecular weight is 538 g/mol. The minimum atomic E-state index is -4.61. The Bertz CT molecular complexity index is 1510. The van der Waals surface area contributed by atoms with Crippen LogP contribution in [0.5, 0.6) is 0 Å². The fraction of sp³-hybridized carbons (Fsp3) is 0.143. The lowest BCUT2D eigenvalue weighted by Gasteiger charge is -2.25. The Hall–Kier alpha value is -4.93. The van der Waals surface area contributed by atoms with Crippen molar-refractivity contribution >= 4 is 23.3 Å². The molecule has 1 aromatic heterocycles. The zero-order valence-corrected chi connectivity index (χ0v) is 20.2. The van der Waals surface area contributed by atoms with Crippen molar-refractivity contribution in [3.63, 3.8) is 0 Å². The van der Waals surface area contributed by atoms with Gasteiger partial charge in [-0.25, -0.2) is 0 Å². The summed E-state index contributed by atoms with van der Waals surface area (Å²) in [6.45, 7) is -0.200. The Kier molecular flexibility index (Phi) is 7.80. The number of aryl methyl sites for hydroxylation is 1. The largest absolute Gasteiger partial charge is 0.481 e. The number of benzene rings is 3. The van der Waals surface area contributed by atoms with Gasteiger partial charge in [0, 0.05) is 35.4 Å². The molecule has 8 nitrogen and oxygen atoms in total. The molecule has 0 bridgehead atoms. The maximum atomic E-state index is 13.6. The molecule has 1 N–H and O–H groups in total. The number of anilines is 1. The first-order chi connectivity index (χ1) is 18.5. The molecule has 39 heavy (non-hydrogen) atoms. The second kappa shape index (κ2) is 11.2. The van der Waals surface area contributed by atoms with Gasteiger partial charge in [-0.2, -0.15) is 13.2 Å². The van der Waals surface area contributed by atoms with E-state index in [0.717, 1.165) is 6.07 Å². The van der Waals surface area contributed by atoms with E-state index in [1.54, 1.807) is 24.3 Å². The number of hydrogen-bond acceptors (Lipinski definition) is 5. The number of furan rings is 1. The molecular formula is C28H21F3N2O6. The van der Waals surface area contributed by atoms with E-state index in [4.69, 9.17) is 9.52 Å². The number of carbonyl (C=O) groups is 2. The molecule has 0 aliphatic rings. The number of halogens is 3. The van der Waals surface area contributed by atoms with E-state index in [-0.39, 0.29) is 47.7 Å². The topological polar surface area (TPSA) is 114 Å². The molecular weight excluding hydrogens is 517 g/mol. The highest BCUT2D eigenvalue weighted by Crippen LogP contribution is 2.38. The number of carboxylic acids is 1. The number of nitrogens with zero attached hydrogens (tertiary/aromatic N) is 2. The van der Waals surface area contributed by atoms with Crippen LogP contribution in [0, 0.1) is 10.1 Å². The fourth-order valence-corrected chi connectivity index (χ4v) is 4.08. The van der Waals surface area contributed by atoms with Crippen LogP contribution in [0.2, 0.25) is 0 Å². The van der Waals surface area contributed by atoms with Gasteiger partial charge < -0.3 is 14.4 Å². The van der Waals surface area contributed by atoms with Gasteiger partial charge in [0.05, 0.1) is 17.0 Å². The summed E-state index contributed by atoms with van der Waals surface area (Å²) in [5, 5.41) is 20.2. The van der Waals surface area contributed by atoms with Gasteiger partial charge in [0.25, 0.3) is 11.6 Å². The number of amides is 1. The number of carboxylic acid groups (broad SMARTS) is 1. The van der Waals surface area contributed by atoms with Crippen LogP contribution in [0.1, 0.15) is 33.7 Å². The van der Waals surface area contributed by atoms with Gasteiger partial charge in [-0.3, -0.25) is 19.7 Å². The van der Waals surface area contributed by atoms with Crippen LogP contribution in [0.25, 0.3) is 11.3 Å². The lowest BCUT2D eigenvalue weighted by molar-refractivity contribution is -0.384. The number of alkyl halides is 3. The highest BCUT2D eigenvalue weighted by molar-refractivity contribution is 6.06. The predicted octanol–water partition coefficient (Wildman–Crippen LogP) is 6.74. The third kappa shape index (κ3) is 6.32. The first kappa shape index (κ1) is 27.1. The number of non-ortho nitro benzene ring substituents is 1. The SMILES string of the molecule is O=C(O)CCc1ccccc1N(Cc1ccc(-c2ccccc2C(F)(F)F)o1)C(=O)c1ccc([N+](=O)[O-])cc1. The van der Waals surface area contributed by atoms with Gasteiger partial charge in [0.1, 0.15) is 11.5 Å². The summed E-state index contributed by atoms with van der Waals surface area (Å²) in [5.74, 6) is -1.47. The van der Waals surface area contributed by atoms with Crippen molar-refractivity contribution in [1.29, 1.82) is 0 Å². The lowest BCUT2D eigenvalue weighted by atomic mass is 10.0. The minimum Gasteiger partial charge on any atom is -0.481 e. The van der Waals surface area contributed by atoms with E-state index in [9.17, 15) is 32.9 Å². The molecule has 0 aliphatic heterocycles. The zero-order chi connectivity index (χ0) is 28.2. The van der Waals surface area contributed by atoms with Gasteiger partial charge in [-0.05, 0) is 48.4 Å². The van der Waals surface area contributed by atoms with Crippen molar-refractivity contribution in [3.8, 4) is 11.3 Å². The Morgan fingerprint density at radius 1 is 0.923 bits per heavy atom. The van der Waals surface area contributed by atoms with Crippen molar-refractivity contribution in [2.45, 2.75) is 25.6 Å². The second-order valence-corrected chi connectivity index (χ2v) is 8.53. The van der Waals surface area contributed by atoms with Gasteiger partial charge in [-0.1, -0.05) is 36.4 Å². The van der Waals surface area contributed by atoms with E-state index >= 15 is 0 Å². The molecule has 0 aliphatic carbocycles. The highest BCUT2D eigenvalue weighted by atomic mass is 19.4. The van der Waals surface area contributed by atoms with Crippen LogP contribution < -0.4 is 4.90 Å². The van der Waals surface area contributed by atoms with E-state index in [0.29, 0.717) is 11.3 Å². The van der Waals surface area contributed by atoms with Gasteiger partial charge in [-0.15, -0.1) is 0 Å². The molecule has 0 spiro atoms. The molecule has 4 rings (SSSR count). The summed E-state index contributed by atoms with van der Waals surface area (Å²) < 4.78 is 46.4. The van der Waals surface area contributed by atoms with Crippen molar-refractivity contribution in [2.75, 3.05) is 4.90 Å². The Morgan fingerprint density at radius 3 is 2.26 bits per heavy atom. The molecule has 3 aromatic carbocycles. The third-order valence-corrected chi connectivity index (χ3v) is 5.93. The summed E-state index contributed by atoms with van der Waals surface area (Å²) in [4.78, 5) is 36.6. The number of nitro groups is 1. The zero-order valence-electron chi connectivity index (χ0n) is 20.2. The minimum absolute atomic E-state index is 0.0418. The average Bonchev–Trinajstić information content (AvgIpc) is 3.38. The van der Waals surface area contributed by atoms with E-state index in [1.165, 1.54) is 59.5 Å². The van der Waals surface area contributed by atoms with Crippen LogP contribution in [0.15, 0.2) is 89.3 Å². The maximum Gasteiger partial charge on any atom is 0.417 e. The maximum absolute atomic E-state index is 13.6. The molecule has 0 saturated carbocycles. The molecule has 1 heterocycles. The second-order valence-electron chi connectivity index (χ2n) is 8.53. The van der Waals surface area contributed by atoms with E-state index in [1.807, 2.05) is 0 Å². The molecule has 11 heteroatoms. The quantitative estimate of drug-likeness (QED) is 0.187. The number of nitro benzene ring substituents is 1. The molecule has 0 radical (unpaired) electrons. The van der Waals surface area contributed by atoms with Crippen LogP contribution >= 0.6 is 0 Å². The Balaban J connectivity index is 1.73. The third-order valence-electron chi connectivity index (χ3n) is 5.93. The molecule has 4 aromatic rings. The summed E-state index contributed by atoms with van der Waals surface area (Å²) >= 11 is 0. The number of rotatable bonds is 9. The number of hydrogen-bond donors (Lipinski definition) is 1. The first-order valence-electron chi connectivity index (χ1n) is 11.7. The van der Waals surface area contributed by atoms with Crippen molar-refractivity contribution < 1.29 is 37.2 Å². The van der Waals surface area contributed by atoms with Crippen molar-refractivity contribution in [2.24, 2.45) is 0 Å². The summed E-state index contributed by atoms with van der Waals surface area (Å²) in [5.41, 5.74) is -0.211. The molecule has 0 unspecified atom stereocenters. The van der Waals surface area contributed by atoms with E-state index < -0.39 is 28.5 Å². The molecule has 0 fully saturated rings. The summed E-state index contributed by atoms with van der Waals surface area (Å²) in [6.07, 6.45) is -4.70. The van der Waals surface area contributed by atoms with Gasteiger partial charge >= 0.3 is 12.1 Å². The summed E-state index contributed by atoms with van der Waals surface area (Å²) in [7, 11) is 0. The Labute approximate surface area is 220 Å². The number of carbonyl (C=O) groups excluding carboxylic acids is 1. The van der Waals surface area contributed by atoms with Crippen LogP contribution in [-0.4, -0.2) is 21.9 Å². The Morgan fingerprint density at radius 2 is 1.59 bits per heavy atom. The molecule has 1 amide bonds. The predicted molar refractivity (Wildman–Crippen MR) is 135 cm³/mol. The van der Waals surface area contributed by atoms with E-state index in [2.05, 4.69) is 0 Å². The number of aliphatic carboxylic acids is 1. The van der Waals surface area contributed by atoms with Gasteiger partial charge in [0.2, 0.25) is 0 Å². The molecule has 0 saturated heterocycles.